The van der Waals surface area contributed by atoms with E-state index in [0.29, 0.717) is 42.7 Å². The Hall–Kier alpha value is -3.17. The molecule has 0 spiro atoms. The lowest BCUT2D eigenvalue weighted by molar-refractivity contribution is -0.119. The quantitative estimate of drug-likeness (QED) is 0.356. The minimum Gasteiger partial charge on any atom is -0.486 e. The van der Waals surface area contributed by atoms with Crippen molar-refractivity contribution >= 4 is 33.4 Å². The molecule has 34 heavy (non-hydrogen) atoms. The second-order valence-corrected chi connectivity index (χ2v) is 10.7. The standard InChI is InChI=1S/C25H26N2O5S2/c1-19-7-10-21(11-8-19)33-16-13-26-25(28)18-27(34(29,30)22-5-3-2-4-6-22)20-9-12-23-24(17-20)32-15-14-31-23/h2-12,17H,13-16,18H2,1H3,(H,26,28). The predicted molar refractivity (Wildman–Crippen MR) is 133 cm³/mol. The molecule has 0 saturated heterocycles. The number of benzene rings is 3. The van der Waals surface area contributed by atoms with E-state index in [1.807, 2.05) is 31.2 Å². The molecule has 0 unspecified atom stereocenters. The Bertz CT molecular complexity index is 1230. The first-order chi connectivity index (χ1) is 16.4. The van der Waals surface area contributed by atoms with Gasteiger partial charge in [-0.25, -0.2) is 8.42 Å². The first kappa shape index (κ1) is 24.0. The van der Waals surface area contributed by atoms with Crippen LogP contribution in [0.5, 0.6) is 11.5 Å². The van der Waals surface area contributed by atoms with Gasteiger partial charge in [0.1, 0.15) is 19.8 Å². The van der Waals surface area contributed by atoms with E-state index in [-0.39, 0.29) is 17.3 Å². The molecule has 9 heteroatoms. The van der Waals surface area contributed by atoms with Crippen LogP contribution in [-0.2, 0) is 14.8 Å². The van der Waals surface area contributed by atoms with E-state index in [0.717, 1.165) is 9.20 Å². The molecule has 3 aromatic carbocycles. The third-order valence-corrected chi connectivity index (χ3v) is 7.95. The van der Waals surface area contributed by atoms with Gasteiger partial charge in [0.25, 0.3) is 10.0 Å². The first-order valence-corrected chi connectivity index (χ1v) is 13.3. The van der Waals surface area contributed by atoms with Crippen LogP contribution in [0.25, 0.3) is 0 Å². The largest absolute Gasteiger partial charge is 0.486 e. The molecule has 0 atom stereocenters. The molecule has 0 bridgehead atoms. The van der Waals surface area contributed by atoms with Crippen molar-refractivity contribution in [2.75, 3.05) is 36.4 Å². The number of aryl methyl sites for hydroxylation is 1. The summed E-state index contributed by atoms with van der Waals surface area (Å²) in [4.78, 5) is 14.0. The Morgan fingerprint density at radius 3 is 2.41 bits per heavy atom. The van der Waals surface area contributed by atoms with Crippen molar-refractivity contribution in [1.82, 2.24) is 5.32 Å². The molecule has 0 aromatic heterocycles. The molecule has 1 aliphatic heterocycles. The SMILES string of the molecule is Cc1ccc(SCCNC(=O)CN(c2ccc3c(c2)OCCO3)S(=O)(=O)c2ccccc2)cc1. The maximum atomic E-state index is 13.4. The van der Waals surface area contributed by atoms with Crippen LogP contribution in [0.3, 0.4) is 0 Å². The highest BCUT2D eigenvalue weighted by atomic mass is 32.2. The number of sulfonamides is 1. The fourth-order valence-electron chi connectivity index (χ4n) is 3.40. The van der Waals surface area contributed by atoms with Crippen molar-refractivity contribution < 1.29 is 22.7 Å². The van der Waals surface area contributed by atoms with Crippen LogP contribution in [-0.4, -0.2) is 46.4 Å². The number of nitrogens with one attached hydrogen (secondary N) is 1. The summed E-state index contributed by atoms with van der Waals surface area (Å²) in [5.41, 5.74) is 1.52. The molecule has 4 rings (SSSR count). The van der Waals surface area contributed by atoms with Gasteiger partial charge in [0.15, 0.2) is 11.5 Å². The number of ether oxygens (including phenoxy) is 2. The number of hydrogen-bond acceptors (Lipinski definition) is 6. The molecule has 0 aliphatic carbocycles. The van der Waals surface area contributed by atoms with Gasteiger partial charge < -0.3 is 14.8 Å². The highest BCUT2D eigenvalue weighted by Gasteiger charge is 2.28. The minimum absolute atomic E-state index is 0.104. The molecule has 1 amide bonds. The fourth-order valence-corrected chi connectivity index (χ4v) is 5.60. The Kier molecular flexibility index (Phi) is 7.64. The van der Waals surface area contributed by atoms with Gasteiger partial charge in [-0.2, -0.15) is 0 Å². The van der Waals surface area contributed by atoms with Gasteiger partial charge in [-0.3, -0.25) is 9.10 Å². The number of carbonyl (C=O) groups excluding carboxylic acids is 1. The highest BCUT2D eigenvalue weighted by Crippen LogP contribution is 2.35. The number of thioether (sulfide) groups is 1. The van der Waals surface area contributed by atoms with E-state index in [1.54, 1.807) is 48.2 Å². The summed E-state index contributed by atoms with van der Waals surface area (Å²) in [6, 6.07) is 21.1. The summed E-state index contributed by atoms with van der Waals surface area (Å²) in [6.45, 7) is 2.90. The topological polar surface area (TPSA) is 84.9 Å². The monoisotopic (exact) mass is 498 g/mol. The van der Waals surface area contributed by atoms with Gasteiger partial charge in [-0.1, -0.05) is 35.9 Å². The van der Waals surface area contributed by atoms with Gasteiger partial charge in [0.2, 0.25) is 5.91 Å². The zero-order valence-electron chi connectivity index (χ0n) is 18.8. The molecular formula is C25H26N2O5S2. The van der Waals surface area contributed by atoms with E-state index < -0.39 is 10.0 Å². The van der Waals surface area contributed by atoms with Crippen molar-refractivity contribution in [1.29, 1.82) is 0 Å². The predicted octanol–water partition coefficient (Wildman–Crippen LogP) is 3.87. The third kappa shape index (κ3) is 5.84. The van der Waals surface area contributed by atoms with Gasteiger partial charge in [-0.05, 0) is 43.3 Å². The van der Waals surface area contributed by atoms with Crippen molar-refractivity contribution in [2.24, 2.45) is 0 Å². The van der Waals surface area contributed by atoms with E-state index >= 15 is 0 Å². The number of amides is 1. The van der Waals surface area contributed by atoms with Gasteiger partial charge >= 0.3 is 0 Å². The number of hydrogen-bond donors (Lipinski definition) is 1. The van der Waals surface area contributed by atoms with Crippen LogP contribution >= 0.6 is 11.8 Å². The first-order valence-electron chi connectivity index (χ1n) is 10.9. The van der Waals surface area contributed by atoms with Crippen LogP contribution in [0, 0.1) is 6.92 Å². The molecule has 1 aliphatic rings. The number of rotatable bonds is 9. The minimum atomic E-state index is -3.98. The molecule has 1 heterocycles. The number of nitrogens with zero attached hydrogens (tertiary/aromatic N) is 1. The van der Waals surface area contributed by atoms with Crippen LogP contribution in [0.15, 0.2) is 82.6 Å². The second kappa shape index (κ2) is 10.8. The lowest BCUT2D eigenvalue weighted by Crippen LogP contribution is -2.41. The zero-order valence-corrected chi connectivity index (χ0v) is 20.4. The van der Waals surface area contributed by atoms with E-state index in [1.165, 1.54) is 17.7 Å². The van der Waals surface area contributed by atoms with Crippen LogP contribution in [0.1, 0.15) is 5.56 Å². The van der Waals surface area contributed by atoms with Crippen molar-refractivity contribution in [3.05, 3.63) is 78.4 Å². The Morgan fingerprint density at radius 2 is 1.68 bits per heavy atom. The van der Waals surface area contributed by atoms with Crippen LogP contribution in [0.2, 0.25) is 0 Å². The molecular weight excluding hydrogens is 472 g/mol. The lowest BCUT2D eigenvalue weighted by Gasteiger charge is -2.26. The average molecular weight is 499 g/mol. The smallest absolute Gasteiger partial charge is 0.264 e. The molecule has 1 N–H and O–H groups in total. The summed E-state index contributed by atoms with van der Waals surface area (Å²) in [7, 11) is -3.98. The fraction of sp³-hybridized carbons (Fsp3) is 0.240. The Morgan fingerprint density at radius 1 is 0.971 bits per heavy atom. The van der Waals surface area contributed by atoms with Gasteiger partial charge in [0.05, 0.1) is 10.6 Å². The van der Waals surface area contributed by atoms with Gasteiger partial charge in [-0.15, -0.1) is 11.8 Å². The summed E-state index contributed by atoms with van der Waals surface area (Å²) in [5.74, 6) is 1.28. The Balaban J connectivity index is 1.48. The molecule has 0 fully saturated rings. The average Bonchev–Trinajstić information content (AvgIpc) is 2.86. The Labute approximate surface area is 204 Å². The molecule has 7 nitrogen and oxygen atoms in total. The van der Waals surface area contributed by atoms with E-state index in [4.69, 9.17) is 9.47 Å². The summed E-state index contributed by atoms with van der Waals surface area (Å²) in [5, 5.41) is 2.83. The normalized spacial score (nSPS) is 12.7. The molecule has 0 radical (unpaired) electrons. The van der Waals surface area contributed by atoms with Crippen LogP contribution < -0.4 is 19.1 Å². The molecule has 0 saturated carbocycles. The summed E-state index contributed by atoms with van der Waals surface area (Å²) >= 11 is 1.63. The number of carbonyl (C=O) groups is 1. The number of fused-ring (bicyclic) bond motifs is 1. The maximum absolute atomic E-state index is 13.4. The third-order valence-electron chi connectivity index (χ3n) is 5.15. The zero-order chi connectivity index (χ0) is 24.0. The highest BCUT2D eigenvalue weighted by molar-refractivity contribution is 7.99. The number of anilines is 1. The lowest BCUT2D eigenvalue weighted by atomic mass is 10.2. The second-order valence-electron chi connectivity index (χ2n) is 7.66. The van der Waals surface area contributed by atoms with Crippen molar-refractivity contribution in [2.45, 2.75) is 16.7 Å². The van der Waals surface area contributed by atoms with Gasteiger partial charge in [0, 0.05) is 23.3 Å². The molecule has 178 valence electrons. The van der Waals surface area contributed by atoms with E-state index in [9.17, 15) is 13.2 Å². The summed E-state index contributed by atoms with van der Waals surface area (Å²) in [6.07, 6.45) is 0. The molecule has 3 aromatic rings. The maximum Gasteiger partial charge on any atom is 0.264 e. The van der Waals surface area contributed by atoms with E-state index in [2.05, 4.69) is 5.32 Å². The van der Waals surface area contributed by atoms with Crippen molar-refractivity contribution in [3.63, 3.8) is 0 Å². The summed E-state index contributed by atoms with van der Waals surface area (Å²) < 4.78 is 39.2. The van der Waals surface area contributed by atoms with Crippen LogP contribution in [0.4, 0.5) is 5.69 Å². The van der Waals surface area contributed by atoms with Crippen molar-refractivity contribution in [3.8, 4) is 11.5 Å².